The van der Waals surface area contributed by atoms with Crippen LogP contribution in [0.1, 0.15) is 12.5 Å². The van der Waals surface area contributed by atoms with E-state index in [1.807, 2.05) is 0 Å². The quantitative estimate of drug-likeness (QED) is 0.330. The summed E-state index contributed by atoms with van der Waals surface area (Å²) in [6.07, 6.45) is -4.63. The van der Waals surface area contributed by atoms with E-state index in [2.05, 4.69) is 9.51 Å². The van der Waals surface area contributed by atoms with Crippen LogP contribution in [0.15, 0.2) is 15.8 Å². The standard InChI is InChI=1S/C13H21N2O10P/c1-6-4-15(12(19)14-11(6)18)13(7(2)23-3)10(17)9(16)8(25-13)5-24-26(20,21)22/h4,7-10,16-17H,5H2,1-3H3,(H,14,18,19)(H2,20,21,22)/t7?,8-,9-,10-,13-/m1/s1. The number of hydrogen-bond acceptors (Lipinski definition) is 8. The van der Waals surface area contributed by atoms with Crippen molar-refractivity contribution < 1.29 is 38.6 Å². The van der Waals surface area contributed by atoms with E-state index in [-0.39, 0.29) is 5.56 Å². The van der Waals surface area contributed by atoms with Gasteiger partial charge in [0.05, 0.1) is 6.61 Å². The fraction of sp³-hybridized carbons (Fsp3) is 0.692. The Morgan fingerprint density at radius 3 is 2.58 bits per heavy atom. The van der Waals surface area contributed by atoms with E-state index < -0.39 is 55.8 Å². The molecule has 13 heteroatoms. The van der Waals surface area contributed by atoms with Gasteiger partial charge >= 0.3 is 13.5 Å². The molecule has 1 aliphatic rings. The molecule has 1 saturated heterocycles. The molecule has 0 aliphatic carbocycles. The second-order valence-electron chi connectivity index (χ2n) is 5.95. The highest BCUT2D eigenvalue weighted by Crippen LogP contribution is 2.42. The highest BCUT2D eigenvalue weighted by molar-refractivity contribution is 7.46. The van der Waals surface area contributed by atoms with Gasteiger partial charge in [0.25, 0.3) is 5.56 Å². The van der Waals surface area contributed by atoms with Gasteiger partial charge in [-0.05, 0) is 13.8 Å². The summed E-state index contributed by atoms with van der Waals surface area (Å²) in [5.74, 6) is 0. The number of rotatable bonds is 6. The summed E-state index contributed by atoms with van der Waals surface area (Å²) in [7, 11) is -3.58. The van der Waals surface area contributed by atoms with Crippen molar-refractivity contribution in [3.63, 3.8) is 0 Å². The van der Waals surface area contributed by atoms with Gasteiger partial charge in [-0.3, -0.25) is 18.9 Å². The Labute approximate surface area is 147 Å². The maximum Gasteiger partial charge on any atom is 0.469 e. The van der Waals surface area contributed by atoms with Crippen LogP contribution in [-0.4, -0.2) is 67.7 Å². The number of ether oxygens (including phenoxy) is 2. The van der Waals surface area contributed by atoms with Crippen molar-refractivity contribution in [2.45, 2.75) is 44.0 Å². The minimum Gasteiger partial charge on any atom is -0.387 e. The third-order valence-corrected chi connectivity index (χ3v) is 4.79. The molecule has 0 bridgehead atoms. The van der Waals surface area contributed by atoms with Crippen molar-refractivity contribution in [1.29, 1.82) is 0 Å². The van der Waals surface area contributed by atoms with Crippen LogP contribution in [0.25, 0.3) is 0 Å². The van der Waals surface area contributed by atoms with E-state index >= 15 is 0 Å². The SMILES string of the molecule is COC(C)[C@@]1(n2cc(C)c(=O)[nH]c2=O)O[C@H](COP(=O)(O)O)[C@@H](O)[C@H]1O. The largest absolute Gasteiger partial charge is 0.469 e. The number of H-pyrrole nitrogens is 1. The molecule has 1 aromatic heterocycles. The Balaban J connectivity index is 2.54. The second kappa shape index (κ2) is 7.33. The average Bonchev–Trinajstić information content (AvgIpc) is 2.80. The molecular weight excluding hydrogens is 375 g/mol. The molecule has 1 aromatic rings. The molecular formula is C13H21N2O10P. The predicted molar refractivity (Wildman–Crippen MR) is 85.4 cm³/mol. The van der Waals surface area contributed by atoms with Gasteiger partial charge in [0.15, 0.2) is 0 Å². The topological polar surface area (TPSA) is 181 Å². The van der Waals surface area contributed by atoms with Gasteiger partial charge < -0.3 is 29.5 Å². The number of aliphatic hydroxyl groups excluding tert-OH is 2. The minimum atomic E-state index is -4.85. The van der Waals surface area contributed by atoms with Gasteiger partial charge in [-0.2, -0.15) is 0 Å². The number of aromatic amines is 1. The number of phosphoric ester groups is 1. The lowest BCUT2D eigenvalue weighted by Gasteiger charge is -2.38. The van der Waals surface area contributed by atoms with Crippen LogP contribution in [0.4, 0.5) is 0 Å². The summed E-state index contributed by atoms with van der Waals surface area (Å²) in [6, 6.07) is 0. The van der Waals surface area contributed by atoms with E-state index in [0.29, 0.717) is 0 Å². The van der Waals surface area contributed by atoms with E-state index in [4.69, 9.17) is 19.3 Å². The van der Waals surface area contributed by atoms with Crippen molar-refractivity contribution in [3.05, 3.63) is 32.6 Å². The number of hydrogen-bond donors (Lipinski definition) is 5. The molecule has 1 unspecified atom stereocenters. The van der Waals surface area contributed by atoms with Crippen molar-refractivity contribution in [2.24, 2.45) is 0 Å². The Morgan fingerprint density at radius 2 is 2.04 bits per heavy atom. The van der Waals surface area contributed by atoms with Gasteiger partial charge in [-0.15, -0.1) is 0 Å². The highest BCUT2D eigenvalue weighted by Gasteiger charge is 2.59. The molecule has 12 nitrogen and oxygen atoms in total. The first-order chi connectivity index (χ1) is 11.9. The van der Waals surface area contributed by atoms with Crippen molar-refractivity contribution >= 4 is 7.82 Å². The number of nitrogens with one attached hydrogen (secondary N) is 1. The lowest BCUT2D eigenvalue weighted by atomic mass is 9.97. The van der Waals surface area contributed by atoms with Crippen LogP contribution < -0.4 is 11.2 Å². The molecule has 26 heavy (non-hydrogen) atoms. The minimum absolute atomic E-state index is 0.132. The Kier molecular flexibility index (Phi) is 5.90. The van der Waals surface area contributed by atoms with Gasteiger partial charge in [0, 0.05) is 18.9 Å². The van der Waals surface area contributed by atoms with Crippen LogP contribution in [0, 0.1) is 6.92 Å². The zero-order valence-corrected chi connectivity index (χ0v) is 15.1. The van der Waals surface area contributed by atoms with Crippen LogP contribution in [0.5, 0.6) is 0 Å². The molecule has 0 spiro atoms. The highest BCUT2D eigenvalue weighted by atomic mass is 31.2. The van der Waals surface area contributed by atoms with Gasteiger partial charge in [-0.1, -0.05) is 0 Å². The van der Waals surface area contributed by atoms with Gasteiger partial charge in [-0.25, -0.2) is 9.36 Å². The predicted octanol–water partition coefficient (Wildman–Crippen LogP) is -2.24. The summed E-state index contributed by atoms with van der Waals surface area (Å²) < 4.78 is 26.9. The fourth-order valence-electron chi connectivity index (χ4n) is 2.86. The van der Waals surface area contributed by atoms with Gasteiger partial charge in [0.2, 0.25) is 5.72 Å². The monoisotopic (exact) mass is 396 g/mol. The summed E-state index contributed by atoms with van der Waals surface area (Å²) in [4.78, 5) is 43.6. The number of nitrogens with zero attached hydrogens (tertiary/aromatic N) is 1. The zero-order valence-electron chi connectivity index (χ0n) is 14.2. The third kappa shape index (κ3) is 3.68. The molecule has 1 fully saturated rings. The van der Waals surface area contributed by atoms with E-state index in [1.54, 1.807) is 0 Å². The van der Waals surface area contributed by atoms with E-state index in [9.17, 15) is 24.4 Å². The summed E-state index contributed by atoms with van der Waals surface area (Å²) in [6.45, 7) is 2.12. The van der Waals surface area contributed by atoms with Crippen LogP contribution in [0.2, 0.25) is 0 Å². The number of aryl methyl sites for hydroxylation is 1. The van der Waals surface area contributed by atoms with E-state index in [1.165, 1.54) is 21.0 Å². The van der Waals surface area contributed by atoms with Crippen LogP contribution in [0.3, 0.4) is 0 Å². The van der Waals surface area contributed by atoms with E-state index in [0.717, 1.165) is 10.8 Å². The Hall–Kier alpha value is -1.37. The first-order valence-corrected chi connectivity index (χ1v) is 9.07. The molecule has 5 N–H and O–H groups in total. The lowest BCUT2D eigenvalue weighted by Crippen LogP contribution is -2.58. The molecule has 0 saturated carbocycles. The first kappa shape index (κ1) is 20.9. The maximum absolute atomic E-state index is 12.3. The summed E-state index contributed by atoms with van der Waals surface area (Å²) in [5.41, 5.74) is -3.40. The Morgan fingerprint density at radius 1 is 1.42 bits per heavy atom. The summed E-state index contributed by atoms with van der Waals surface area (Å²) >= 11 is 0. The molecule has 0 radical (unpaired) electrons. The Bertz CT molecular complexity index is 816. The number of aliphatic hydroxyl groups is 2. The molecule has 2 rings (SSSR count). The number of aromatic nitrogens is 2. The smallest absolute Gasteiger partial charge is 0.387 e. The third-order valence-electron chi connectivity index (χ3n) is 4.31. The average molecular weight is 396 g/mol. The van der Waals surface area contributed by atoms with Crippen molar-refractivity contribution in [2.75, 3.05) is 13.7 Å². The fourth-order valence-corrected chi connectivity index (χ4v) is 3.20. The molecule has 5 atom stereocenters. The molecule has 1 aliphatic heterocycles. The van der Waals surface area contributed by atoms with Crippen LogP contribution >= 0.6 is 7.82 Å². The number of phosphoric acid groups is 1. The van der Waals surface area contributed by atoms with Crippen molar-refractivity contribution in [1.82, 2.24) is 9.55 Å². The second-order valence-corrected chi connectivity index (χ2v) is 7.19. The molecule has 148 valence electrons. The number of methoxy groups -OCH3 is 1. The van der Waals surface area contributed by atoms with Gasteiger partial charge in [0.1, 0.15) is 24.4 Å². The maximum atomic E-state index is 12.3. The normalized spacial score (nSPS) is 30.5. The van der Waals surface area contributed by atoms with Crippen LogP contribution in [-0.2, 0) is 24.3 Å². The zero-order chi connectivity index (χ0) is 19.9. The molecule has 0 amide bonds. The molecule has 2 heterocycles. The summed E-state index contributed by atoms with van der Waals surface area (Å²) in [5, 5.41) is 20.9. The molecule has 0 aromatic carbocycles. The lowest BCUT2D eigenvalue weighted by molar-refractivity contribution is -0.211. The first-order valence-electron chi connectivity index (χ1n) is 7.54. The van der Waals surface area contributed by atoms with Crippen molar-refractivity contribution in [3.8, 4) is 0 Å².